The van der Waals surface area contributed by atoms with Gasteiger partial charge in [-0.25, -0.2) is 18.4 Å². The molecule has 0 unspecified atom stereocenters. The fourth-order valence-electron chi connectivity index (χ4n) is 2.60. The molecule has 0 bridgehead atoms. The van der Waals surface area contributed by atoms with E-state index in [1.807, 2.05) is 18.2 Å². The van der Waals surface area contributed by atoms with Crippen LogP contribution >= 0.6 is 24.0 Å². The van der Waals surface area contributed by atoms with Gasteiger partial charge in [-0.2, -0.15) is 5.10 Å². The van der Waals surface area contributed by atoms with Crippen molar-refractivity contribution in [3.05, 3.63) is 83.4 Å². The van der Waals surface area contributed by atoms with Gasteiger partial charge in [-0.15, -0.1) is 24.0 Å². The molecule has 6 nitrogen and oxygen atoms in total. The zero-order chi connectivity index (χ0) is 19.1. The molecule has 0 aliphatic rings. The fraction of sp³-hybridized carbons (Fsp3) is 0.211. The molecule has 3 aromatic rings. The largest absolute Gasteiger partial charge is 0.352 e. The molecule has 0 aliphatic heterocycles. The number of benzene rings is 2. The highest BCUT2D eigenvalue weighted by atomic mass is 127. The number of halogens is 3. The Bertz CT molecular complexity index is 915. The highest BCUT2D eigenvalue weighted by Crippen LogP contribution is 2.09. The molecular formula is C19H21F2IN6. The maximum Gasteiger partial charge on any atom is 0.191 e. The topological polar surface area (TPSA) is 67.1 Å². The molecule has 0 saturated heterocycles. The average molecular weight is 498 g/mol. The smallest absolute Gasteiger partial charge is 0.191 e. The van der Waals surface area contributed by atoms with Gasteiger partial charge in [0, 0.05) is 25.7 Å². The first-order chi connectivity index (χ1) is 13.1. The van der Waals surface area contributed by atoms with Crippen LogP contribution in [-0.4, -0.2) is 27.8 Å². The second-order valence-corrected chi connectivity index (χ2v) is 5.93. The van der Waals surface area contributed by atoms with Crippen LogP contribution in [0.1, 0.15) is 16.7 Å². The standard InChI is InChI=1S/C19H20F2N6.HI/c1-22-19(25-10-16-8-17(20)5-6-18(16)21)24-9-14-3-2-4-15(7-14)11-27-13-23-12-26-27;/h2-8,12-13H,9-11H2,1H3,(H2,22,24,25);1H. The number of aromatic nitrogens is 3. The highest BCUT2D eigenvalue weighted by Gasteiger charge is 2.06. The first kappa shape index (κ1) is 21.7. The maximum absolute atomic E-state index is 13.7. The lowest BCUT2D eigenvalue weighted by Gasteiger charge is -2.13. The third kappa shape index (κ3) is 6.25. The van der Waals surface area contributed by atoms with Crippen LogP contribution in [0.25, 0.3) is 0 Å². The summed E-state index contributed by atoms with van der Waals surface area (Å²) in [4.78, 5) is 8.04. The molecule has 2 aromatic carbocycles. The Morgan fingerprint density at radius 1 is 1.07 bits per heavy atom. The number of rotatable bonds is 6. The van der Waals surface area contributed by atoms with Crippen LogP contribution in [0.4, 0.5) is 8.78 Å². The van der Waals surface area contributed by atoms with Gasteiger partial charge in [0.1, 0.15) is 24.3 Å². The summed E-state index contributed by atoms with van der Waals surface area (Å²) in [5, 5.41) is 10.2. The minimum absolute atomic E-state index is 0. The van der Waals surface area contributed by atoms with E-state index < -0.39 is 11.6 Å². The van der Waals surface area contributed by atoms with E-state index in [9.17, 15) is 8.78 Å². The number of nitrogens with one attached hydrogen (secondary N) is 2. The van der Waals surface area contributed by atoms with E-state index in [1.54, 1.807) is 18.1 Å². The third-order valence-corrected chi connectivity index (χ3v) is 3.94. The van der Waals surface area contributed by atoms with E-state index in [-0.39, 0.29) is 36.1 Å². The molecule has 2 N–H and O–H groups in total. The molecule has 148 valence electrons. The second-order valence-electron chi connectivity index (χ2n) is 5.93. The Morgan fingerprint density at radius 3 is 2.61 bits per heavy atom. The molecule has 3 rings (SSSR count). The molecule has 0 aliphatic carbocycles. The summed E-state index contributed by atoms with van der Waals surface area (Å²) in [6.45, 7) is 1.31. The number of nitrogens with zero attached hydrogens (tertiary/aromatic N) is 4. The number of guanidine groups is 1. The van der Waals surface area contributed by atoms with Gasteiger partial charge >= 0.3 is 0 Å². The summed E-state index contributed by atoms with van der Waals surface area (Å²) in [6.07, 6.45) is 3.17. The zero-order valence-electron chi connectivity index (χ0n) is 15.3. The molecule has 0 amide bonds. The van der Waals surface area contributed by atoms with Crippen LogP contribution in [0, 0.1) is 11.6 Å². The van der Waals surface area contributed by atoms with Gasteiger partial charge in [-0.05, 0) is 29.3 Å². The lowest BCUT2D eigenvalue weighted by Crippen LogP contribution is -2.36. The molecule has 28 heavy (non-hydrogen) atoms. The normalized spacial score (nSPS) is 11.0. The SMILES string of the molecule is CN=C(NCc1cccc(Cn2cncn2)c1)NCc1cc(F)ccc1F.I. The second kappa shape index (κ2) is 10.7. The van der Waals surface area contributed by atoms with Gasteiger partial charge in [0.05, 0.1) is 6.54 Å². The zero-order valence-corrected chi connectivity index (χ0v) is 17.6. The van der Waals surface area contributed by atoms with Crippen molar-refractivity contribution in [2.24, 2.45) is 4.99 Å². The Kier molecular flexibility index (Phi) is 8.30. The Labute approximate surface area is 179 Å². The molecule has 9 heteroatoms. The average Bonchev–Trinajstić information content (AvgIpc) is 3.18. The summed E-state index contributed by atoms with van der Waals surface area (Å²) in [7, 11) is 1.62. The van der Waals surface area contributed by atoms with Crippen molar-refractivity contribution in [2.45, 2.75) is 19.6 Å². The third-order valence-electron chi connectivity index (χ3n) is 3.94. The Balaban J connectivity index is 0.00000280. The Morgan fingerprint density at radius 2 is 1.86 bits per heavy atom. The monoisotopic (exact) mass is 498 g/mol. The van der Waals surface area contributed by atoms with Crippen molar-refractivity contribution in [1.82, 2.24) is 25.4 Å². The first-order valence-corrected chi connectivity index (χ1v) is 8.42. The van der Waals surface area contributed by atoms with E-state index in [2.05, 4.69) is 31.8 Å². The number of hydrogen-bond acceptors (Lipinski definition) is 3. The maximum atomic E-state index is 13.7. The van der Waals surface area contributed by atoms with Crippen molar-refractivity contribution in [1.29, 1.82) is 0 Å². The predicted octanol–water partition coefficient (Wildman–Crippen LogP) is 3.09. The summed E-state index contributed by atoms with van der Waals surface area (Å²) in [6, 6.07) is 11.4. The number of aliphatic imine (C=N–C) groups is 1. The minimum atomic E-state index is -0.472. The molecule has 1 heterocycles. The molecule has 0 saturated carbocycles. The fourth-order valence-corrected chi connectivity index (χ4v) is 2.60. The van der Waals surface area contributed by atoms with Crippen LogP contribution < -0.4 is 10.6 Å². The minimum Gasteiger partial charge on any atom is -0.352 e. The van der Waals surface area contributed by atoms with Gasteiger partial charge in [-0.1, -0.05) is 24.3 Å². The number of hydrogen-bond donors (Lipinski definition) is 2. The molecule has 0 atom stereocenters. The van der Waals surface area contributed by atoms with Crippen molar-refractivity contribution < 1.29 is 8.78 Å². The molecule has 1 aromatic heterocycles. The first-order valence-electron chi connectivity index (χ1n) is 8.42. The van der Waals surface area contributed by atoms with Crippen molar-refractivity contribution in [3.8, 4) is 0 Å². The van der Waals surface area contributed by atoms with Crippen LogP contribution in [0.2, 0.25) is 0 Å². The van der Waals surface area contributed by atoms with Gasteiger partial charge in [-0.3, -0.25) is 4.99 Å². The van der Waals surface area contributed by atoms with Crippen LogP contribution in [0.5, 0.6) is 0 Å². The van der Waals surface area contributed by atoms with Gasteiger partial charge in [0.25, 0.3) is 0 Å². The summed E-state index contributed by atoms with van der Waals surface area (Å²) in [5.74, 6) is -0.430. The predicted molar refractivity (Wildman–Crippen MR) is 114 cm³/mol. The van der Waals surface area contributed by atoms with E-state index in [1.165, 1.54) is 12.4 Å². The molecule has 0 fully saturated rings. The van der Waals surface area contributed by atoms with Crippen LogP contribution in [0.3, 0.4) is 0 Å². The molecule has 0 spiro atoms. The van der Waals surface area contributed by atoms with Gasteiger partial charge < -0.3 is 10.6 Å². The summed E-state index contributed by atoms with van der Waals surface area (Å²) in [5.41, 5.74) is 2.41. The summed E-state index contributed by atoms with van der Waals surface area (Å²) >= 11 is 0. The van der Waals surface area contributed by atoms with Gasteiger partial charge in [0.15, 0.2) is 5.96 Å². The summed E-state index contributed by atoms with van der Waals surface area (Å²) < 4.78 is 28.7. The molecule has 0 radical (unpaired) electrons. The van der Waals surface area contributed by atoms with Gasteiger partial charge in [0.2, 0.25) is 0 Å². The van der Waals surface area contributed by atoms with E-state index in [0.717, 1.165) is 23.3 Å². The van der Waals surface area contributed by atoms with E-state index in [0.29, 0.717) is 19.0 Å². The van der Waals surface area contributed by atoms with E-state index >= 15 is 0 Å². The highest BCUT2D eigenvalue weighted by molar-refractivity contribution is 14.0. The lowest BCUT2D eigenvalue weighted by molar-refractivity contribution is 0.581. The molecular weight excluding hydrogens is 477 g/mol. The lowest BCUT2D eigenvalue weighted by atomic mass is 10.1. The van der Waals surface area contributed by atoms with Crippen molar-refractivity contribution in [3.63, 3.8) is 0 Å². The Hall–Kier alpha value is -2.56. The van der Waals surface area contributed by atoms with Crippen LogP contribution in [0.15, 0.2) is 60.1 Å². The van der Waals surface area contributed by atoms with Crippen molar-refractivity contribution in [2.75, 3.05) is 7.05 Å². The quantitative estimate of drug-likeness (QED) is 0.312. The van der Waals surface area contributed by atoms with E-state index in [4.69, 9.17) is 0 Å². The van der Waals surface area contributed by atoms with Crippen molar-refractivity contribution >= 4 is 29.9 Å². The van der Waals surface area contributed by atoms with Crippen LogP contribution in [-0.2, 0) is 19.6 Å².